The summed E-state index contributed by atoms with van der Waals surface area (Å²) in [6.45, 7) is -0.439. The van der Waals surface area contributed by atoms with Crippen LogP contribution in [0.15, 0.2) is 18.2 Å². The zero-order valence-electron chi connectivity index (χ0n) is 9.69. The number of hydrogen-bond donors (Lipinski definition) is 4. The number of carboxylic acid groups (broad SMARTS) is 1. The highest BCUT2D eigenvalue weighted by Gasteiger charge is 2.19. The van der Waals surface area contributed by atoms with Gasteiger partial charge in [-0.1, -0.05) is 0 Å². The Labute approximate surface area is 107 Å². The van der Waals surface area contributed by atoms with Crippen molar-refractivity contribution in [3.05, 3.63) is 29.8 Å². The maximum absolute atomic E-state index is 13.2. The molecule has 0 heterocycles. The molecule has 0 aromatic heterocycles. The molecule has 0 fully saturated rings. The second kappa shape index (κ2) is 6.64. The Morgan fingerprint density at radius 2 is 2.00 bits per heavy atom. The second-order valence-electron chi connectivity index (χ2n) is 3.63. The Hall–Kier alpha value is -2.22. The zero-order valence-corrected chi connectivity index (χ0v) is 9.69. The van der Waals surface area contributed by atoms with Crippen LogP contribution in [0.1, 0.15) is 6.42 Å². The number of amides is 2. The van der Waals surface area contributed by atoms with Gasteiger partial charge in [0, 0.05) is 19.1 Å². The van der Waals surface area contributed by atoms with E-state index in [9.17, 15) is 18.4 Å². The van der Waals surface area contributed by atoms with Crippen LogP contribution in [0.4, 0.5) is 19.3 Å². The fourth-order valence-corrected chi connectivity index (χ4v) is 1.30. The van der Waals surface area contributed by atoms with Crippen molar-refractivity contribution < 1.29 is 28.6 Å². The first-order chi connectivity index (χ1) is 8.93. The summed E-state index contributed by atoms with van der Waals surface area (Å²) in [6.07, 6.45) is -0.200. The fourth-order valence-electron chi connectivity index (χ4n) is 1.30. The number of aliphatic hydroxyl groups excluding tert-OH is 1. The second-order valence-corrected chi connectivity index (χ2v) is 3.63. The number of halogens is 2. The van der Waals surface area contributed by atoms with Gasteiger partial charge in [-0.15, -0.1) is 0 Å². The van der Waals surface area contributed by atoms with Gasteiger partial charge in [0.2, 0.25) is 0 Å². The van der Waals surface area contributed by atoms with Gasteiger partial charge in [-0.05, 0) is 12.1 Å². The Bertz CT molecular complexity index is 482. The van der Waals surface area contributed by atoms with Gasteiger partial charge in [0.05, 0.1) is 5.69 Å². The lowest BCUT2D eigenvalue weighted by Gasteiger charge is -2.14. The minimum Gasteiger partial charge on any atom is -0.480 e. The van der Waals surface area contributed by atoms with Crippen molar-refractivity contribution in [3.8, 4) is 0 Å². The van der Waals surface area contributed by atoms with Gasteiger partial charge in [-0.2, -0.15) is 0 Å². The van der Waals surface area contributed by atoms with E-state index in [2.05, 4.69) is 0 Å². The fraction of sp³-hybridized carbons (Fsp3) is 0.273. The number of carboxylic acids is 1. The van der Waals surface area contributed by atoms with E-state index in [4.69, 9.17) is 10.2 Å². The van der Waals surface area contributed by atoms with E-state index in [-0.39, 0.29) is 6.42 Å². The molecule has 2 amide bonds. The monoisotopic (exact) mass is 274 g/mol. The van der Waals surface area contributed by atoms with Gasteiger partial charge in [0.15, 0.2) is 0 Å². The molecule has 1 unspecified atom stereocenters. The van der Waals surface area contributed by atoms with Crippen LogP contribution < -0.4 is 10.6 Å². The number of aliphatic hydroxyl groups is 1. The summed E-state index contributed by atoms with van der Waals surface area (Å²) in [5, 5.41) is 21.4. The molecule has 0 aliphatic rings. The standard InChI is InChI=1S/C11H12F2N2O4/c12-6-1-2-7(13)9(5-6)15-11(19)14-8(3-4-16)10(17)18/h1-2,5,8,16H,3-4H2,(H,17,18)(H2,14,15,19). The zero-order chi connectivity index (χ0) is 14.4. The highest BCUT2D eigenvalue weighted by Crippen LogP contribution is 2.14. The third-order valence-electron chi connectivity index (χ3n) is 2.20. The number of benzene rings is 1. The number of carbonyl (C=O) groups is 2. The average Bonchev–Trinajstić information content (AvgIpc) is 2.33. The van der Waals surface area contributed by atoms with E-state index in [0.29, 0.717) is 0 Å². The van der Waals surface area contributed by atoms with Gasteiger partial charge in [0.25, 0.3) is 0 Å². The first kappa shape index (κ1) is 14.8. The van der Waals surface area contributed by atoms with Gasteiger partial charge in [-0.25, -0.2) is 18.4 Å². The predicted octanol–water partition coefficient (Wildman–Crippen LogP) is 0.922. The van der Waals surface area contributed by atoms with Crippen molar-refractivity contribution in [2.45, 2.75) is 12.5 Å². The molecule has 1 atom stereocenters. The molecular weight excluding hydrogens is 262 g/mol. The molecule has 0 saturated carbocycles. The molecule has 8 heteroatoms. The van der Waals surface area contributed by atoms with Crippen LogP contribution in [0.25, 0.3) is 0 Å². The maximum atomic E-state index is 13.2. The molecule has 0 spiro atoms. The summed E-state index contributed by atoms with van der Waals surface area (Å²) in [4.78, 5) is 22.1. The molecule has 19 heavy (non-hydrogen) atoms. The van der Waals surface area contributed by atoms with E-state index in [1.54, 1.807) is 0 Å². The molecule has 6 nitrogen and oxygen atoms in total. The lowest BCUT2D eigenvalue weighted by atomic mass is 10.2. The summed E-state index contributed by atoms with van der Waals surface area (Å²) in [6, 6.07) is 0.140. The molecule has 0 saturated heterocycles. The van der Waals surface area contributed by atoms with Crippen molar-refractivity contribution in [3.63, 3.8) is 0 Å². The van der Waals surface area contributed by atoms with E-state index in [1.165, 1.54) is 0 Å². The molecule has 1 rings (SSSR count). The Balaban J connectivity index is 2.68. The van der Waals surface area contributed by atoms with Gasteiger partial charge in [-0.3, -0.25) is 0 Å². The first-order valence-electron chi connectivity index (χ1n) is 5.30. The summed E-state index contributed by atoms with van der Waals surface area (Å²) in [5.41, 5.74) is -0.411. The average molecular weight is 274 g/mol. The van der Waals surface area contributed by atoms with Crippen LogP contribution in [0.2, 0.25) is 0 Å². The lowest BCUT2D eigenvalue weighted by molar-refractivity contribution is -0.139. The number of rotatable bonds is 5. The van der Waals surface area contributed by atoms with E-state index < -0.39 is 42.0 Å². The van der Waals surface area contributed by atoms with E-state index in [1.807, 2.05) is 10.6 Å². The summed E-state index contributed by atoms with van der Waals surface area (Å²) < 4.78 is 26.1. The largest absolute Gasteiger partial charge is 0.480 e. The van der Waals surface area contributed by atoms with Crippen molar-refractivity contribution in [2.24, 2.45) is 0 Å². The molecule has 1 aromatic carbocycles. The minimum absolute atomic E-state index is 0.200. The molecule has 0 aliphatic heterocycles. The van der Waals surface area contributed by atoms with Gasteiger partial charge >= 0.3 is 12.0 Å². The molecule has 0 radical (unpaired) electrons. The number of carbonyl (C=O) groups excluding carboxylic acids is 1. The SMILES string of the molecule is O=C(Nc1cc(F)ccc1F)NC(CCO)C(=O)O. The van der Waals surface area contributed by atoms with Crippen LogP contribution >= 0.6 is 0 Å². The van der Waals surface area contributed by atoms with Gasteiger partial charge in [0.1, 0.15) is 17.7 Å². The van der Waals surface area contributed by atoms with Gasteiger partial charge < -0.3 is 20.8 Å². The molecule has 4 N–H and O–H groups in total. The molecular formula is C11H12F2N2O4. The van der Waals surface area contributed by atoms with Crippen LogP contribution in [0, 0.1) is 11.6 Å². The van der Waals surface area contributed by atoms with Crippen molar-refractivity contribution in [1.29, 1.82) is 0 Å². The molecule has 1 aromatic rings. The minimum atomic E-state index is -1.34. The maximum Gasteiger partial charge on any atom is 0.326 e. The highest BCUT2D eigenvalue weighted by molar-refractivity contribution is 5.92. The first-order valence-corrected chi connectivity index (χ1v) is 5.30. The third-order valence-corrected chi connectivity index (χ3v) is 2.20. The molecule has 104 valence electrons. The quantitative estimate of drug-likeness (QED) is 0.641. The van der Waals surface area contributed by atoms with Crippen LogP contribution in [-0.4, -0.2) is 34.9 Å². The Morgan fingerprint density at radius 3 is 2.58 bits per heavy atom. The number of anilines is 1. The summed E-state index contributed by atoms with van der Waals surface area (Å²) in [5.74, 6) is -2.95. The Kier molecular flexibility index (Phi) is 5.19. The summed E-state index contributed by atoms with van der Waals surface area (Å²) >= 11 is 0. The predicted molar refractivity (Wildman–Crippen MR) is 61.6 cm³/mol. The van der Waals surface area contributed by atoms with E-state index in [0.717, 1.165) is 18.2 Å². The molecule has 0 bridgehead atoms. The van der Waals surface area contributed by atoms with Crippen LogP contribution in [0.3, 0.4) is 0 Å². The van der Waals surface area contributed by atoms with Crippen molar-refractivity contribution >= 4 is 17.7 Å². The lowest BCUT2D eigenvalue weighted by Crippen LogP contribution is -2.43. The Morgan fingerprint density at radius 1 is 1.32 bits per heavy atom. The number of hydrogen-bond acceptors (Lipinski definition) is 3. The topological polar surface area (TPSA) is 98.7 Å². The van der Waals surface area contributed by atoms with Crippen LogP contribution in [-0.2, 0) is 4.79 Å². The molecule has 0 aliphatic carbocycles. The number of urea groups is 1. The van der Waals surface area contributed by atoms with Crippen molar-refractivity contribution in [1.82, 2.24) is 5.32 Å². The number of aliphatic carboxylic acids is 1. The van der Waals surface area contributed by atoms with Crippen LogP contribution in [0.5, 0.6) is 0 Å². The number of nitrogens with one attached hydrogen (secondary N) is 2. The summed E-state index contributed by atoms with van der Waals surface area (Å²) in [7, 11) is 0. The van der Waals surface area contributed by atoms with E-state index >= 15 is 0 Å². The third kappa shape index (κ3) is 4.51. The van der Waals surface area contributed by atoms with Crippen molar-refractivity contribution in [2.75, 3.05) is 11.9 Å². The smallest absolute Gasteiger partial charge is 0.326 e. The highest BCUT2D eigenvalue weighted by atomic mass is 19.1. The normalized spacial score (nSPS) is 11.7.